The Hall–Kier alpha value is -2.77. The molecule has 0 spiro atoms. The number of aryl methyl sites for hydroxylation is 2. The van der Waals surface area contributed by atoms with Crippen LogP contribution >= 0.6 is 11.6 Å². The van der Waals surface area contributed by atoms with Gasteiger partial charge < -0.3 is 13.9 Å². The molecule has 0 fully saturated rings. The summed E-state index contributed by atoms with van der Waals surface area (Å²) in [6.07, 6.45) is 6.23. The van der Waals surface area contributed by atoms with Gasteiger partial charge in [0, 0.05) is 49.4 Å². The number of nitrogens with zero attached hydrogens (tertiary/aromatic N) is 6. The first-order valence-corrected chi connectivity index (χ1v) is 9.06. The number of hydrogen-bond acceptors (Lipinski definition) is 5. The van der Waals surface area contributed by atoms with Gasteiger partial charge in [0.05, 0.1) is 12.1 Å². The number of ether oxygens (including phenoxy) is 1. The number of rotatable bonds is 7. The average Bonchev–Trinajstić information content (AvgIpc) is 3.33. The van der Waals surface area contributed by atoms with Crippen LogP contribution in [-0.4, -0.2) is 43.0 Å². The zero-order valence-electron chi connectivity index (χ0n) is 14.9. The molecule has 138 valence electrons. The summed E-state index contributed by atoms with van der Waals surface area (Å²) in [5.74, 6) is 1.75. The van der Waals surface area contributed by atoms with Crippen molar-refractivity contribution in [3.05, 3.63) is 59.9 Å². The molecular formula is C19H19ClN6O. The molecule has 0 radical (unpaired) electrons. The molecule has 0 unspecified atom stereocenters. The first-order chi connectivity index (χ1) is 13.2. The van der Waals surface area contributed by atoms with Crippen molar-refractivity contribution < 1.29 is 4.74 Å². The summed E-state index contributed by atoms with van der Waals surface area (Å²) >= 11 is 6.05. The van der Waals surface area contributed by atoms with Gasteiger partial charge in [-0.25, -0.2) is 9.97 Å². The van der Waals surface area contributed by atoms with E-state index in [1.807, 2.05) is 41.1 Å². The molecule has 0 aliphatic heterocycles. The maximum Gasteiger partial charge on any atom is 0.158 e. The quantitative estimate of drug-likeness (QED) is 0.490. The topological polar surface area (TPSA) is 70.7 Å². The van der Waals surface area contributed by atoms with Crippen LogP contribution in [-0.2, 0) is 24.2 Å². The number of hydrogen-bond donors (Lipinski definition) is 0. The zero-order chi connectivity index (χ0) is 18.6. The predicted molar refractivity (Wildman–Crippen MR) is 104 cm³/mol. The highest BCUT2D eigenvalue weighted by molar-refractivity contribution is 6.31. The standard InChI is InChI=1S/C19H19ClN6O/c1-27-11-10-26-13-22-24-18(26)6-8-25-9-7-21-19(25)17-4-2-14-12-15(20)3-5-16(14)23-17/h2-5,7,9,12-13H,6,8,10-11H2,1H3. The number of fused-ring (bicyclic) bond motifs is 1. The lowest BCUT2D eigenvalue weighted by Crippen LogP contribution is -2.11. The lowest BCUT2D eigenvalue weighted by molar-refractivity contribution is 0.186. The van der Waals surface area contributed by atoms with Crippen molar-refractivity contribution in [2.75, 3.05) is 13.7 Å². The summed E-state index contributed by atoms with van der Waals surface area (Å²) < 4.78 is 9.23. The van der Waals surface area contributed by atoms with Gasteiger partial charge in [-0.3, -0.25) is 0 Å². The van der Waals surface area contributed by atoms with Crippen molar-refractivity contribution in [2.24, 2.45) is 0 Å². The van der Waals surface area contributed by atoms with Crippen LogP contribution in [0.2, 0.25) is 5.02 Å². The summed E-state index contributed by atoms with van der Waals surface area (Å²) in [6, 6.07) is 9.67. The fraction of sp³-hybridized carbons (Fsp3) is 0.263. The molecule has 0 aliphatic carbocycles. The number of halogens is 1. The third-order valence-electron chi connectivity index (χ3n) is 4.40. The van der Waals surface area contributed by atoms with E-state index in [0.29, 0.717) is 11.6 Å². The molecule has 0 atom stereocenters. The second-order valence-corrected chi connectivity index (χ2v) is 6.60. The van der Waals surface area contributed by atoms with Gasteiger partial charge in [-0.1, -0.05) is 17.7 Å². The fourth-order valence-electron chi connectivity index (χ4n) is 3.01. The third-order valence-corrected chi connectivity index (χ3v) is 4.64. The predicted octanol–water partition coefficient (Wildman–Crippen LogP) is 3.23. The van der Waals surface area contributed by atoms with Crippen molar-refractivity contribution in [2.45, 2.75) is 19.5 Å². The molecule has 4 rings (SSSR count). The fourth-order valence-corrected chi connectivity index (χ4v) is 3.19. The Morgan fingerprint density at radius 2 is 2.04 bits per heavy atom. The van der Waals surface area contributed by atoms with E-state index in [1.165, 1.54) is 0 Å². The second-order valence-electron chi connectivity index (χ2n) is 6.16. The minimum Gasteiger partial charge on any atom is -0.383 e. The Labute approximate surface area is 161 Å². The van der Waals surface area contributed by atoms with Gasteiger partial charge in [0.1, 0.15) is 17.8 Å². The molecule has 0 saturated carbocycles. The van der Waals surface area contributed by atoms with Gasteiger partial charge in [-0.2, -0.15) is 0 Å². The van der Waals surface area contributed by atoms with Crippen LogP contribution in [0.4, 0.5) is 0 Å². The molecule has 7 nitrogen and oxygen atoms in total. The summed E-state index contributed by atoms with van der Waals surface area (Å²) in [5, 5.41) is 9.94. The number of aromatic nitrogens is 6. The van der Waals surface area contributed by atoms with E-state index in [0.717, 1.165) is 47.8 Å². The van der Waals surface area contributed by atoms with Crippen molar-refractivity contribution in [3.8, 4) is 11.5 Å². The van der Waals surface area contributed by atoms with E-state index in [-0.39, 0.29) is 0 Å². The van der Waals surface area contributed by atoms with Gasteiger partial charge in [0.2, 0.25) is 0 Å². The van der Waals surface area contributed by atoms with E-state index in [4.69, 9.17) is 21.3 Å². The van der Waals surface area contributed by atoms with Gasteiger partial charge in [0.25, 0.3) is 0 Å². The Morgan fingerprint density at radius 3 is 2.93 bits per heavy atom. The molecule has 0 aliphatic rings. The van der Waals surface area contributed by atoms with Gasteiger partial charge >= 0.3 is 0 Å². The monoisotopic (exact) mass is 382 g/mol. The number of methoxy groups -OCH3 is 1. The molecule has 0 saturated heterocycles. The van der Waals surface area contributed by atoms with Crippen LogP contribution < -0.4 is 0 Å². The minimum atomic E-state index is 0.631. The van der Waals surface area contributed by atoms with Crippen LogP contribution in [0.1, 0.15) is 5.82 Å². The Kier molecular flexibility index (Phi) is 5.13. The molecule has 8 heteroatoms. The number of imidazole rings is 1. The van der Waals surface area contributed by atoms with Gasteiger partial charge in [-0.05, 0) is 24.3 Å². The van der Waals surface area contributed by atoms with Crippen LogP contribution in [0.15, 0.2) is 49.1 Å². The summed E-state index contributed by atoms with van der Waals surface area (Å²) in [4.78, 5) is 9.23. The Morgan fingerprint density at radius 1 is 1.11 bits per heavy atom. The molecule has 3 aromatic heterocycles. The van der Waals surface area contributed by atoms with E-state index >= 15 is 0 Å². The van der Waals surface area contributed by atoms with E-state index < -0.39 is 0 Å². The molecule has 4 aromatic rings. The van der Waals surface area contributed by atoms with E-state index in [9.17, 15) is 0 Å². The van der Waals surface area contributed by atoms with Crippen LogP contribution in [0.25, 0.3) is 22.4 Å². The first-order valence-electron chi connectivity index (χ1n) is 8.68. The molecule has 27 heavy (non-hydrogen) atoms. The highest BCUT2D eigenvalue weighted by Gasteiger charge is 2.11. The molecule has 1 aromatic carbocycles. The van der Waals surface area contributed by atoms with Gasteiger partial charge in [-0.15, -0.1) is 10.2 Å². The summed E-state index contributed by atoms with van der Waals surface area (Å²) in [7, 11) is 1.69. The molecule has 0 bridgehead atoms. The largest absolute Gasteiger partial charge is 0.383 e. The van der Waals surface area contributed by atoms with Crippen LogP contribution in [0.3, 0.4) is 0 Å². The SMILES string of the molecule is COCCn1cnnc1CCn1ccnc1-c1ccc2cc(Cl)ccc2n1. The van der Waals surface area contributed by atoms with Crippen molar-refractivity contribution in [3.63, 3.8) is 0 Å². The highest BCUT2D eigenvalue weighted by atomic mass is 35.5. The van der Waals surface area contributed by atoms with Crippen molar-refractivity contribution in [1.29, 1.82) is 0 Å². The molecule has 0 N–H and O–H groups in total. The van der Waals surface area contributed by atoms with E-state index in [1.54, 1.807) is 19.6 Å². The normalized spacial score (nSPS) is 11.3. The van der Waals surface area contributed by atoms with Gasteiger partial charge in [0.15, 0.2) is 5.82 Å². The van der Waals surface area contributed by atoms with E-state index in [2.05, 4.69) is 19.7 Å². The molecule has 0 amide bonds. The maximum atomic E-state index is 6.05. The third kappa shape index (κ3) is 3.84. The number of benzene rings is 1. The Balaban J connectivity index is 1.55. The molecular weight excluding hydrogens is 364 g/mol. The highest BCUT2D eigenvalue weighted by Crippen LogP contribution is 2.22. The van der Waals surface area contributed by atoms with Crippen molar-refractivity contribution >= 4 is 22.5 Å². The zero-order valence-corrected chi connectivity index (χ0v) is 15.7. The first kappa shape index (κ1) is 17.6. The lowest BCUT2D eigenvalue weighted by Gasteiger charge is -2.09. The minimum absolute atomic E-state index is 0.631. The average molecular weight is 383 g/mol. The Bertz CT molecular complexity index is 1060. The summed E-state index contributed by atoms with van der Waals surface area (Å²) in [5.41, 5.74) is 1.72. The van der Waals surface area contributed by atoms with Crippen molar-refractivity contribution in [1.82, 2.24) is 29.3 Å². The second kappa shape index (κ2) is 7.85. The lowest BCUT2D eigenvalue weighted by atomic mass is 10.2. The van der Waals surface area contributed by atoms with Crippen LogP contribution in [0, 0.1) is 0 Å². The number of pyridine rings is 1. The molecule has 3 heterocycles. The van der Waals surface area contributed by atoms with Crippen LogP contribution in [0.5, 0.6) is 0 Å². The smallest absolute Gasteiger partial charge is 0.158 e. The maximum absolute atomic E-state index is 6.05. The summed E-state index contributed by atoms with van der Waals surface area (Å²) in [6.45, 7) is 2.11.